The summed E-state index contributed by atoms with van der Waals surface area (Å²) < 4.78 is 4.50. The molecule has 21 rings (SSSR count). The van der Waals surface area contributed by atoms with Crippen LogP contribution in [0, 0.1) is 74.6 Å². The van der Waals surface area contributed by atoms with Crippen LogP contribution >= 0.6 is 0 Å². The van der Waals surface area contributed by atoms with Crippen LogP contribution in [0.25, 0.3) is 206 Å². The maximum Gasteiger partial charge on any atom is 0.187 e. The minimum Gasteiger partial charge on any atom is -0.308 e. The number of aromatic nitrogens is 6. The van der Waals surface area contributed by atoms with Crippen LogP contribution in [0.2, 0.25) is 0 Å². The van der Waals surface area contributed by atoms with Gasteiger partial charge in [0, 0.05) is 99.4 Å². The van der Waals surface area contributed by atoms with Crippen molar-refractivity contribution < 1.29 is 0 Å². The van der Waals surface area contributed by atoms with Crippen molar-refractivity contribution in [3.63, 3.8) is 0 Å². The molecule has 0 aliphatic rings. The number of hydrogen-bond donors (Lipinski definition) is 0. The molecule has 0 radical (unpaired) electrons. The minimum absolute atomic E-state index is 0.474. The van der Waals surface area contributed by atoms with Crippen LogP contribution in [-0.4, -0.2) is 29.1 Å². The molecule has 13 nitrogen and oxygen atoms in total. The Kier molecular flexibility index (Phi) is 21.2. The molecule has 0 unspecified atom stereocenters. The van der Waals surface area contributed by atoms with Gasteiger partial charge in [0.2, 0.25) is 0 Å². The molecule has 17 aromatic carbocycles. The third-order valence-corrected chi connectivity index (χ3v) is 23.7. The summed E-state index contributed by atoms with van der Waals surface area (Å²) in [6.07, 6.45) is 0. The second-order valence-electron chi connectivity index (χ2n) is 31.3. The normalized spacial score (nSPS) is 10.9. The molecule has 0 amide bonds. The maximum absolute atomic E-state index is 10.8. The van der Waals surface area contributed by atoms with Crippen LogP contribution in [0.15, 0.2) is 406 Å². The van der Waals surface area contributed by atoms with E-state index in [4.69, 9.17) is 26.5 Å². The number of rotatable bonds is 15. The fraction of sp³-hybridized carbons (Fsp3) is 0. The molecule has 0 spiro atoms. The highest BCUT2D eigenvalue weighted by Crippen LogP contribution is 2.50. The predicted molar refractivity (Wildman–Crippen MR) is 518 cm³/mol. The van der Waals surface area contributed by atoms with Gasteiger partial charge >= 0.3 is 0 Å². The Morgan fingerprint density at radius 1 is 0.208 bits per heavy atom. The van der Waals surface area contributed by atoms with Crippen LogP contribution in [0.4, 0.5) is 5.69 Å². The lowest BCUT2D eigenvalue weighted by Gasteiger charge is -2.22. The summed E-state index contributed by atoms with van der Waals surface area (Å²) in [4.78, 5) is 24.7. The summed E-state index contributed by atoms with van der Waals surface area (Å²) in [7, 11) is 0. The fourth-order valence-electron chi connectivity index (χ4n) is 17.6. The average Bonchev–Trinajstić information content (AvgIpc) is 1.55. The molecule has 0 N–H and O–H groups in total. The Balaban J connectivity index is 0.000000164. The highest BCUT2D eigenvalue weighted by molar-refractivity contribution is 6.15. The summed E-state index contributed by atoms with van der Waals surface area (Å²) >= 11 is 0. The average molecular weight is 1650 g/mol. The quantitative estimate of drug-likeness (QED) is 0.0887. The van der Waals surface area contributed by atoms with E-state index in [1.54, 1.807) is 12.1 Å². The van der Waals surface area contributed by atoms with E-state index < -0.39 is 0 Å². The minimum atomic E-state index is 0.474. The number of fused-ring (bicyclic) bond motifs is 6. The highest BCUT2D eigenvalue weighted by Gasteiger charge is 2.29. The van der Waals surface area contributed by atoms with Crippen LogP contribution < -0.4 is 0 Å². The molecule has 130 heavy (non-hydrogen) atoms. The topological polar surface area (TPSA) is 209 Å². The Hall–Kier alpha value is -19.1. The molecule has 0 aliphatic heterocycles. The van der Waals surface area contributed by atoms with Gasteiger partial charge in [-0.2, -0.15) is 31.6 Å². The van der Waals surface area contributed by atoms with Gasteiger partial charge in [-0.15, -0.1) is 0 Å². The highest BCUT2D eigenvalue weighted by atomic mass is 15.0. The van der Waals surface area contributed by atoms with Crippen molar-refractivity contribution in [2.24, 2.45) is 0 Å². The van der Waals surface area contributed by atoms with E-state index in [2.05, 4.69) is 141 Å². The summed E-state index contributed by atoms with van der Waals surface area (Å²) in [5, 5.41) is 66.4. The number of nitriles is 6. The van der Waals surface area contributed by atoms with Gasteiger partial charge in [0.1, 0.15) is 0 Å². The smallest absolute Gasteiger partial charge is 0.187 e. The fourth-order valence-corrected chi connectivity index (χ4v) is 17.6. The molecule has 13 heteroatoms. The van der Waals surface area contributed by atoms with Gasteiger partial charge in [-0.1, -0.05) is 273 Å². The van der Waals surface area contributed by atoms with Crippen molar-refractivity contribution >= 4 is 49.3 Å². The summed E-state index contributed by atoms with van der Waals surface area (Å²) in [5.74, 6) is 0.982. The van der Waals surface area contributed by atoms with E-state index in [0.29, 0.717) is 67.4 Å². The maximum atomic E-state index is 10.8. The second-order valence-corrected chi connectivity index (χ2v) is 31.3. The largest absolute Gasteiger partial charge is 0.308 e. The Morgan fingerprint density at radius 2 is 0.485 bits per heavy atom. The molecule has 0 atom stereocenters. The molecule has 21 aromatic rings. The van der Waals surface area contributed by atoms with Crippen LogP contribution in [-0.2, 0) is 0 Å². The van der Waals surface area contributed by atoms with Crippen molar-refractivity contribution in [2.75, 3.05) is 0 Å². The van der Waals surface area contributed by atoms with Crippen molar-refractivity contribution in [1.29, 1.82) is 31.6 Å². The first-order valence-corrected chi connectivity index (χ1v) is 42.1. The molecule has 4 heterocycles. The zero-order chi connectivity index (χ0) is 88.1. The first-order chi connectivity index (χ1) is 64.1. The van der Waals surface area contributed by atoms with E-state index in [9.17, 15) is 31.6 Å². The first kappa shape index (κ1) is 79.4. The number of para-hydroxylation sites is 1. The van der Waals surface area contributed by atoms with E-state index in [-0.39, 0.29) is 0 Å². The molecule has 0 aliphatic carbocycles. The molecular weight excluding hydrogens is 1590 g/mol. The summed E-state index contributed by atoms with van der Waals surface area (Å²) in [5.41, 5.74) is 28.6. The molecule has 0 saturated heterocycles. The SMILES string of the molecule is N#Cc1cccc(-c2ccc3c(c2)c2ccccc2n3-c2c(-c3ccccc3C#N)cc(-c3nc(-c4ccccc4)cc(-c4ccccc4)n3)cc2-c2ccccc2C#N)c1.[C-]#[N+]c1cccc(-c2ccc3c(c2)c2cc(-c4cccc(C#N)c4)ccc2n3-c2c(-c3ccccc3C#N)cc(-c3nc(-c4ccccc4)cc(-c4ccccc4)n3)cc2-c2ccccc2C#N)c1. The lowest BCUT2D eigenvalue weighted by atomic mass is 9.89. The monoisotopic (exact) mass is 1650 g/mol. The zero-order valence-corrected chi connectivity index (χ0v) is 69.5. The molecule has 4 aromatic heterocycles. The third-order valence-electron chi connectivity index (χ3n) is 23.7. The van der Waals surface area contributed by atoms with Gasteiger partial charge in [0.05, 0.1) is 133 Å². The Bertz CT molecular complexity index is 8060. The predicted octanol–water partition coefficient (Wildman–Crippen LogP) is 28.6. The summed E-state index contributed by atoms with van der Waals surface area (Å²) in [6.45, 7) is 7.74. The lowest BCUT2D eigenvalue weighted by Crippen LogP contribution is -2.04. The van der Waals surface area contributed by atoms with E-state index in [0.717, 1.165) is 172 Å². The van der Waals surface area contributed by atoms with Crippen LogP contribution in [0.3, 0.4) is 0 Å². The van der Waals surface area contributed by atoms with E-state index in [1.807, 2.05) is 303 Å². The Labute approximate surface area is 749 Å². The van der Waals surface area contributed by atoms with E-state index >= 15 is 0 Å². The van der Waals surface area contributed by atoms with Crippen molar-refractivity contribution in [2.45, 2.75) is 0 Å². The molecule has 0 saturated carbocycles. The third kappa shape index (κ3) is 15.0. The van der Waals surface area contributed by atoms with Gasteiger partial charge in [-0.25, -0.2) is 24.8 Å². The molecule has 0 fully saturated rings. The van der Waals surface area contributed by atoms with Gasteiger partial charge in [0.25, 0.3) is 0 Å². The van der Waals surface area contributed by atoms with E-state index in [1.165, 1.54) is 0 Å². The second kappa shape index (κ2) is 34.7. The number of hydrogen-bond acceptors (Lipinski definition) is 10. The molecule has 0 bridgehead atoms. The molecule has 600 valence electrons. The van der Waals surface area contributed by atoms with Gasteiger partial charge < -0.3 is 9.13 Å². The summed E-state index contributed by atoms with van der Waals surface area (Å²) in [6, 6.07) is 148. The van der Waals surface area contributed by atoms with Gasteiger partial charge in [0.15, 0.2) is 17.3 Å². The van der Waals surface area contributed by atoms with Gasteiger partial charge in [-0.05, 0) is 167 Å². The van der Waals surface area contributed by atoms with Gasteiger partial charge in [-0.3, -0.25) is 0 Å². The van der Waals surface area contributed by atoms with Crippen molar-refractivity contribution in [1.82, 2.24) is 29.1 Å². The van der Waals surface area contributed by atoms with Crippen molar-refractivity contribution in [3.05, 3.63) is 451 Å². The molecular formula is C117H67N13. The Morgan fingerprint density at radius 3 is 0.815 bits per heavy atom. The zero-order valence-electron chi connectivity index (χ0n) is 69.5. The first-order valence-electron chi connectivity index (χ1n) is 42.1. The van der Waals surface area contributed by atoms with Crippen LogP contribution in [0.5, 0.6) is 0 Å². The van der Waals surface area contributed by atoms with Crippen LogP contribution in [0.1, 0.15) is 33.4 Å². The standard InChI is InChI=1S/C62H35N7.C55H32N6/c1-66-50-23-13-22-44(31-50)46-27-29-60-54(33-46)53-32-45(43-21-12-14-40(30-43)37-63)26-28-59(53)69(60)61-55(51-24-10-8-19-47(51)38-64)34-49(35-56(61)52-25-11-9-20-48(52)39-65)62-67-57(41-15-4-2-5-16-41)36-58(68-62)42-17-6-3-7-18-42;56-33-36-14-13-21-39(28-36)40-26-27-53-47(29-40)46-24-11-12-25-52(46)61(53)54-48(44-22-9-7-19-41(44)34-57)30-43(31-49(54)45-23-10-8-20-42(45)35-58)55-59-50(37-15-3-1-4-16-37)32-51(60-55)38-17-5-2-6-18-38/h2-36H;1-32H. The lowest BCUT2D eigenvalue weighted by molar-refractivity contribution is 1.16. The number of nitrogens with zero attached hydrogens (tertiary/aromatic N) is 13. The van der Waals surface area contributed by atoms with Crippen molar-refractivity contribution in [3.8, 4) is 193 Å². The number of benzene rings is 17.